The van der Waals surface area contributed by atoms with Gasteiger partial charge in [-0.3, -0.25) is 29.1 Å². The van der Waals surface area contributed by atoms with Crippen molar-refractivity contribution in [2.75, 3.05) is 53.7 Å². The van der Waals surface area contributed by atoms with E-state index in [0.29, 0.717) is 45.1 Å². The summed E-state index contributed by atoms with van der Waals surface area (Å²) in [7, 11) is 3.03. The zero-order valence-corrected chi connectivity index (χ0v) is 47.8. The Morgan fingerprint density at radius 2 is 1.12 bits per heavy atom. The molecule has 0 bridgehead atoms. The van der Waals surface area contributed by atoms with Crippen LogP contribution in [0.1, 0.15) is 190 Å². The Morgan fingerprint density at radius 1 is 0.636 bits per heavy atom. The van der Waals surface area contributed by atoms with Crippen LogP contribution in [0.2, 0.25) is 0 Å². The number of carboxylic acids is 1. The number of amides is 3. The number of carboxylic acid groups (broad SMARTS) is 1. The molecule has 432 valence electrons. The Kier molecular flexibility index (Phi) is 31.0. The number of unbranched alkanes of at least 4 members (excludes halogenated alkanes) is 8. The number of nitrogens with zero attached hydrogens (tertiary/aromatic N) is 3. The fraction of sp³-hybridized carbons (Fsp3) is 0.733. The lowest BCUT2D eigenvalue weighted by Gasteiger charge is -2.28. The molecule has 2 aliphatic heterocycles. The van der Waals surface area contributed by atoms with E-state index in [1.165, 1.54) is 86.0 Å². The van der Waals surface area contributed by atoms with E-state index in [-0.39, 0.29) is 55.1 Å². The number of aliphatic carboxylic acids is 1. The molecule has 4 aliphatic rings. The molecule has 2 fully saturated rings. The van der Waals surface area contributed by atoms with Gasteiger partial charge in [0.05, 0.1) is 45.3 Å². The van der Waals surface area contributed by atoms with Gasteiger partial charge in [0.15, 0.2) is 0 Å². The zero-order valence-electron chi connectivity index (χ0n) is 47.8. The maximum Gasteiger partial charge on any atom is 0.328 e. The smallest absolute Gasteiger partial charge is 0.328 e. The highest BCUT2D eigenvalue weighted by Crippen LogP contribution is 2.26. The first-order valence-corrected chi connectivity index (χ1v) is 29.4. The number of hydrogen-bond acceptors (Lipinski definition) is 13. The van der Waals surface area contributed by atoms with Crippen molar-refractivity contribution in [2.24, 2.45) is 11.8 Å². The molecular weight excluding hydrogens is 981 g/mol. The minimum Gasteiger partial charge on any atom is -0.481 e. The summed E-state index contributed by atoms with van der Waals surface area (Å²) in [4.78, 5) is 84.4. The molecule has 4 N–H and O–H groups in total. The molecule has 6 rings (SSSR count). The highest BCUT2D eigenvalue weighted by atomic mass is 16.5. The third-order valence-corrected chi connectivity index (χ3v) is 15.2. The van der Waals surface area contributed by atoms with Crippen LogP contribution < -0.4 is 16.0 Å². The van der Waals surface area contributed by atoms with Crippen molar-refractivity contribution in [3.05, 3.63) is 58.2 Å². The number of nitrogens with one attached hydrogen (secondary N) is 3. The van der Waals surface area contributed by atoms with Crippen LogP contribution in [0.15, 0.2) is 24.3 Å². The number of hydrogen-bond donors (Lipinski definition) is 4. The number of esters is 2. The van der Waals surface area contributed by atoms with Crippen molar-refractivity contribution in [2.45, 2.75) is 219 Å². The lowest BCUT2D eigenvalue weighted by molar-refractivity contribution is -0.149. The fourth-order valence-corrected chi connectivity index (χ4v) is 10.7. The SMILES string of the molecule is CCOC(=O)[C@H](CCCCCCCc1ccc2c(n1)CCCC2)NC(=O)[C@@H]1[C@@H](C)CCN1C(=O)CCOC.CCOC(=O)[C@H](CCCCCCCc1ccc2c(n1)CCCC2)NC(=O)[C@H]1NCC[C@@H]1C.COCCC(=O)O. The van der Waals surface area contributed by atoms with Crippen molar-refractivity contribution in [1.82, 2.24) is 30.8 Å². The van der Waals surface area contributed by atoms with Crippen LogP contribution in [0.3, 0.4) is 0 Å². The molecule has 0 radical (unpaired) electrons. The molecule has 3 amide bonds. The van der Waals surface area contributed by atoms with Crippen LogP contribution in [0.5, 0.6) is 0 Å². The van der Waals surface area contributed by atoms with Gasteiger partial charge in [-0.15, -0.1) is 0 Å². The Balaban J connectivity index is 0.000000299. The van der Waals surface area contributed by atoms with Crippen LogP contribution in [-0.4, -0.2) is 134 Å². The monoisotopic (exact) mass is 1080 g/mol. The molecule has 2 saturated heterocycles. The van der Waals surface area contributed by atoms with Crippen molar-refractivity contribution >= 4 is 35.6 Å². The summed E-state index contributed by atoms with van der Waals surface area (Å²) >= 11 is 0. The zero-order chi connectivity index (χ0) is 55.8. The molecule has 77 heavy (non-hydrogen) atoms. The highest BCUT2D eigenvalue weighted by Gasteiger charge is 2.40. The van der Waals surface area contributed by atoms with Gasteiger partial charge in [-0.05, 0) is 158 Å². The molecule has 6 atom stereocenters. The number of methoxy groups -OCH3 is 2. The van der Waals surface area contributed by atoms with Gasteiger partial charge in [0, 0.05) is 43.5 Å². The van der Waals surface area contributed by atoms with E-state index in [1.54, 1.807) is 25.9 Å². The molecule has 2 aromatic rings. The first-order chi connectivity index (χ1) is 37.3. The molecule has 17 nitrogen and oxygen atoms in total. The van der Waals surface area contributed by atoms with Gasteiger partial charge in [-0.2, -0.15) is 0 Å². The molecule has 2 aliphatic carbocycles. The minimum atomic E-state index is -0.818. The van der Waals surface area contributed by atoms with E-state index in [9.17, 15) is 28.8 Å². The van der Waals surface area contributed by atoms with E-state index >= 15 is 0 Å². The number of carbonyl (C=O) groups excluding carboxylic acids is 5. The second kappa shape index (κ2) is 37.0. The van der Waals surface area contributed by atoms with Crippen LogP contribution in [0.4, 0.5) is 0 Å². The van der Waals surface area contributed by atoms with Gasteiger partial charge in [-0.25, -0.2) is 9.59 Å². The van der Waals surface area contributed by atoms with Crippen LogP contribution in [0, 0.1) is 11.8 Å². The van der Waals surface area contributed by atoms with Gasteiger partial charge in [-0.1, -0.05) is 77.3 Å². The van der Waals surface area contributed by atoms with Crippen LogP contribution >= 0.6 is 0 Å². The number of aromatic nitrogens is 2. The van der Waals surface area contributed by atoms with Gasteiger partial charge in [0.1, 0.15) is 18.1 Å². The van der Waals surface area contributed by atoms with Gasteiger partial charge >= 0.3 is 17.9 Å². The maximum absolute atomic E-state index is 13.2. The quantitative estimate of drug-likeness (QED) is 0.0428. The molecule has 17 heteroatoms. The fourth-order valence-electron chi connectivity index (χ4n) is 10.7. The topological polar surface area (TPSA) is 225 Å². The average Bonchev–Trinajstić information content (AvgIpc) is 4.05. The second-order valence-electron chi connectivity index (χ2n) is 21.3. The van der Waals surface area contributed by atoms with E-state index in [0.717, 1.165) is 103 Å². The van der Waals surface area contributed by atoms with Crippen molar-refractivity contribution in [3.8, 4) is 0 Å². The molecule has 0 aromatic carbocycles. The van der Waals surface area contributed by atoms with Gasteiger partial charge < -0.3 is 44.9 Å². The summed E-state index contributed by atoms with van der Waals surface area (Å²) in [6.45, 7) is 10.2. The number of likely N-dealkylation sites (tertiary alicyclic amines) is 1. The summed E-state index contributed by atoms with van der Waals surface area (Å²) in [5, 5.41) is 17.1. The van der Waals surface area contributed by atoms with E-state index in [4.69, 9.17) is 29.3 Å². The number of fused-ring (bicyclic) bond motifs is 2. The Bertz CT molecular complexity index is 2110. The van der Waals surface area contributed by atoms with E-state index in [1.807, 2.05) is 6.92 Å². The standard InChI is InChI=1S/C30H47N3O5.C26H41N3O3.C4H8O3/c1-4-38-30(36)26(32-29(35)28-22(2)18-20-33(28)27(34)19-21-37-3)15-9-7-5-6-8-13-24-17-16-23-12-10-11-14-25(23)31-24;1-3-32-26(31)23(29-25(30)24-19(2)17-18-27-24)14-8-6-4-5-7-12-21-16-15-20-11-9-10-13-22(20)28-21;1-7-3-2-4(5)6/h16-17,22,26,28H,4-15,18-21H2,1-3H3,(H,32,35);15-16,19,23-24,27H,3-14,17-18H2,1-2H3,(H,29,30);2-3H2,1H3,(H,5,6)/t22-,26-,28-;19-,23-,24-;/m00./s1. The van der Waals surface area contributed by atoms with Crippen molar-refractivity contribution < 1.29 is 52.8 Å². The average molecular weight is 1080 g/mol. The third kappa shape index (κ3) is 23.5. The lowest BCUT2D eigenvalue weighted by Crippen LogP contribution is -2.52. The van der Waals surface area contributed by atoms with Crippen molar-refractivity contribution in [3.63, 3.8) is 0 Å². The number of aryl methyl sites for hydroxylation is 6. The van der Waals surface area contributed by atoms with Gasteiger partial charge in [0.25, 0.3) is 0 Å². The van der Waals surface area contributed by atoms with Crippen LogP contribution in [-0.2, 0) is 86.2 Å². The Hall–Kier alpha value is -5.00. The summed E-state index contributed by atoms with van der Waals surface area (Å²) in [6.07, 6.45) is 25.6. The largest absolute Gasteiger partial charge is 0.481 e. The highest BCUT2D eigenvalue weighted by molar-refractivity contribution is 5.91. The Labute approximate surface area is 460 Å². The number of ether oxygens (including phenoxy) is 4. The van der Waals surface area contributed by atoms with Crippen LogP contribution in [0.25, 0.3) is 0 Å². The van der Waals surface area contributed by atoms with Gasteiger partial charge in [0.2, 0.25) is 17.7 Å². The Morgan fingerprint density at radius 3 is 1.58 bits per heavy atom. The second-order valence-corrected chi connectivity index (χ2v) is 21.3. The van der Waals surface area contributed by atoms with E-state index in [2.05, 4.69) is 51.9 Å². The molecule has 0 saturated carbocycles. The first kappa shape index (κ1) is 64.5. The predicted octanol–water partition coefficient (Wildman–Crippen LogP) is 8.16. The summed E-state index contributed by atoms with van der Waals surface area (Å²) in [6, 6.07) is 6.94. The third-order valence-electron chi connectivity index (χ3n) is 15.2. The number of pyridine rings is 2. The maximum atomic E-state index is 13.2. The normalized spacial score (nSPS) is 19.2. The summed E-state index contributed by atoms with van der Waals surface area (Å²) in [5.74, 6) is -1.64. The molecular formula is C60H96N6O11. The number of rotatable bonds is 30. The molecule has 0 spiro atoms. The molecule has 4 heterocycles. The minimum absolute atomic E-state index is 0.0361. The van der Waals surface area contributed by atoms with E-state index < -0.39 is 30.1 Å². The predicted molar refractivity (Wildman–Crippen MR) is 297 cm³/mol. The van der Waals surface area contributed by atoms with Crippen molar-refractivity contribution in [1.29, 1.82) is 0 Å². The lowest BCUT2D eigenvalue weighted by atomic mass is 9.95. The summed E-state index contributed by atoms with van der Waals surface area (Å²) in [5.41, 5.74) is 7.92. The first-order valence-electron chi connectivity index (χ1n) is 29.4. The summed E-state index contributed by atoms with van der Waals surface area (Å²) < 4.78 is 19.9. The number of carbonyl (C=O) groups is 6. The molecule has 0 unspecified atom stereocenters. The molecule has 2 aromatic heterocycles.